The number of piperidine rings is 1. The molecule has 2 fully saturated rings. The summed E-state index contributed by atoms with van der Waals surface area (Å²) in [6.45, 7) is 7.61. The molecule has 0 unspecified atom stereocenters. The first-order chi connectivity index (χ1) is 26.5. The first-order valence-electron chi connectivity index (χ1n) is 17.9. The van der Waals surface area contributed by atoms with Gasteiger partial charge in [0.15, 0.2) is 11.5 Å². The van der Waals surface area contributed by atoms with Crippen LogP contribution in [0.1, 0.15) is 71.5 Å². The Kier molecular flexibility index (Phi) is 11.6. The van der Waals surface area contributed by atoms with Gasteiger partial charge < -0.3 is 34.5 Å². The first-order valence-corrected chi connectivity index (χ1v) is 18.2. The van der Waals surface area contributed by atoms with E-state index in [-0.39, 0.29) is 75.2 Å². The van der Waals surface area contributed by atoms with Crippen LogP contribution in [0, 0.1) is 5.92 Å². The summed E-state index contributed by atoms with van der Waals surface area (Å²) in [6, 6.07) is 7.45. The molecule has 2 aliphatic rings. The van der Waals surface area contributed by atoms with E-state index in [2.05, 4.69) is 30.5 Å². The number of aromatic amines is 2. The quantitative estimate of drug-likeness (QED) is 0.203. The smallest absolute Gasteiger partial charge is 0.435 e. The van der Waals surface area contributed by atoms with Crippen molar-refractivity contribution < 1.29 is 41.8 Å². The molecule has 0 radical (unpaired) electrons. The van der Waals surface area contributed by atoms with E-state index in [0.29, 0.717) is 57.7 Å². The number of carbonyl (C=O) groups excluding carboxylic acids is 4. The molecule has 5 heterocycles. The van der Waals surface area contributed by atoms with Crippen LogP contribution < -0.4 is 10.1 Å². The van der Waals surface area contributed by atoms with Gasteiger partial charge in [-0.3, -0.25) is 19.5 Å². The Balaban J connectivity index is 1.03. The Morgan fingerprint density at radius 2 is 1.62 bits per heavy atom. The molecule has 0 bridgehead atoms. The van der Waals surface area contributed by atoms with Gasteiger partial charge in [0.25, 0.3) is 11.8 Å². The lowest BCUT2D eigenvalue weighted by molar-refractivity contribution is -0.141. The van der Waals surface area contributed by atoms with E-state index >= 15 is 0 Å². The zero-order chi connectivity index (χ0) is 40.4. The van der Waals surface area contributed by atoms with Gasteiger partial charge in [-0.1, -0.05) is 11.6 Å². The number of pyridine rings is 1. The maximum absolute atomic E-state index is 13.9. The van der Waals surface area contributed by atoms with Gasteiger partial charge in [-0.25, -0.2) is 14.8 Å². The molecular weight excluding hydrogens is 759 g/mol. The predicted octanol–water partition coefficient (Wildman–Crippen LogP) is 5.65. The van der Waals surface area contributed by atoms with Crippen molar-refractivity contribution in [3.63, 3.8) is 0 Å². The summed E-state index contributed by atoms with van der Waals surface area (Å²) < 4.78 is 52.2. The molecule has 56 heavy (non-hydrogen) atoms. The number of amides is 4. The van der Waals surface area contributed by atoms with Crippen LogP contribution in [-0.2, 0) is 22.1 Å². The maximum Gasteiger partial charge on any atom is 0.435 e. The number of aromatic nitrogens is 5. The number of hydrogen-bond acceptors (Lipinski definition) is 9. The van der Waals surface area contributed by atoms with Crippen molar-refractivity contribution in [1.82, 2.24) is 39.8 Å². The van der Waals surface area contributed by atoms with E-state index in [1.54, 1.807) is 20.8 Å². The van der Waals surface area contributed by atoms with Gasteiger partial charge in [0.1, 0.15) is 5.60 Å². The molecule has 0 aliphatic carbocycles. The Hall–Kier alpha value is -5.65. The number of imidazole rings is 1. The molecule has 3 aromatic heterocycles. The summed E-state index contributed by atoms with van der Waals surface area (Å²) >= 11 is 6.50. The van der Waals surface area contributed by atoms with Gasteiger partial charge in [-0.05, 0) is 57.9 Å². The molecule has 0 spiro atoms. The summed E-state index contributed by atoms with van der Waals surface area (Å²) in [7, 11) is 1.42. The van der Waals surface area contributed by atoms with Crippen LogP contribution in [0.15, 0.2) is 42.7 Å². The zero-order valence-corrected chi connectivity index (χ0v) is 31.9. The lowest BCUT2D eigenvalue weighted by Gasteiger charge is -2.38. The van der Waals surface area contributed by atoms with Gasteiger partial charge >= 0.3 is 12.3 Å². The van der Waals surface area contributed by atoms with Crippen LogP contribution in [0.4, 0.5) is 23.7 Å². The van der Waals surface area contributed by atoms with Crippen LogP contribution in [0.25, 0.3) is 11.3 Å². The van der Waals surface area contributed by atoms with Gasteiger partial charge in [-0.2, -0.15) is 18.3 Å². The van der Waals surface area contributed by atoms with Crippen molar-refractivity contribution in [3.8, 4) is 17.1 Å². The highest BCUT2D eigenvalue weighted by atomic mass is 35.5. The van der Waals surface area contributed by atoms with Crippen molar-refractivity contribution in [2.45, 2.75) is 51.8 Å². The third kappa shape index (κ3) is 9.23. The minimum absolute atomic E-state index is 0.00568. The number of ether oxygens (including phenoxy) is 2. The van der Waals surface area contributed by atoms with Gasteiger partial charge in [-0.15, -0.1) is 0 Å². The lowest BCUT2D eigenvalue weighted by Crippen LogP contribution is -2.53. The predicted molar refractivity (Wildman–Crippen MR) is 197 cm³/mol. The molecule has 0 saturated carbocycles. The number of hydrogen-bond donors (Lipinski definition) is 3. The number of alkyl halides is 3. The number of methoxy groups -OCH3 is 1. The Labute approximate surface area is 324 Å². The number of rotatable bonds is 8. The highest BCUT2D eigenvalue weighted by molar-refractivity contribution is 6.34. The second kappa shape index (κ2) is 16.2. The van der Waals surface area contributed by atoms with Crippen LogP contribution in [0.5, 0.6) is 5.88 Å². The number of piperazine rings is 1. The largest absolute Gasteiger partial charge is 0.481 e. The number of likely N-dealkylation sites (tertiary alicyclic amines) is 1. The third-order valence-corrected chi connectivity index (χ3v) is 9.73. The molecule has 2 aliphatic heterocycles. The standard InChI is InChI=1S/C37H41ClF3N9O6/c1-36(2,3)56-35(54)50-11-9-21(10-12-50)33(52)48-13-15-49(16-14-48)34(53)25-7-6-23(18-27(25)38)45-32(51)31-43-20-24(44-31)17-26-29(46-47-30(26)37(39,40)41)22-5-8-28(55-4)42-19-22/h5-8,18-21H,9-17H2,1-4H3,(H,43,44)(H,45,51)(H,46,47). The summed E-state index contributed by atoms with van der Waals surface area (Å²) in [5.41, 5.74) is -0.746. The van der Waals surface area contributed by atoms with Crippen molar-refractivity contribution in [2.75, 3.05) is 51.7 Å². The van der Waals surface area contributed by atoms with Gasteiger partial charge in [0.2, 0.25) is 11.8 Å². The Bertz CT molecular complexity index is 2080. The molecule has 4 aromatic rings. The number of halogens is 4. The first kappa shape index (κ1) is 40.0. The minimum atomic E-state index is -4.75. The van der Waals surface area contributed by atoms with E-state index in [1.807, 2.05) is 20.8 Å². The van der Waals surface area contributed by atoms with Crippen molar-refractivity contribution in [3.05, 3.63) is 76.1 Å². The van der Waals surface area contributed by atoms with Crippen molar-refractivity contribution >= 4 is 41.1 Å². The van der Waals surface area contributed by atoms with Crippen molar-refractivity contribution in [2.24, 2.45) is 5.92 Å². The monoisotopic (exact) mass is 799 g/mol. The number of H-pyrrole nitrogens is 2. The fourth-order valence-corrected chi connectivity index (χ4v) is 6.83. The number of nitrogens with zero attached hydrogens (tertiary/aromatic N) is 6. The van der Waals surface area contributed by atoms with Crippen LogP contribution in [0.2, 0.25) is 5.02 Å². The highest BCUT2D eigenvalue weighted by Crippen LogP contribution is 2.36. The van der Waals surface area contributed by atoms with Crippen LogP contribution >= 0.6 is 11.6 Å². The van der Waals surface area contributed by atoms with E-state index in [1.165, 1.54) is 43.8 Å². The molecule has 1 aromatic carbocycles. The summed E-state index contributed by atoms with van der Waals surface area (Å²) in [4.78, 5) is 68.0. The molecule has 0 atom stereocenters. The lowest BCUT2D eigenvalue weighted by atomic mass is 9.95. The van der Waals surface area contributed by atoms with E-state index < -0.39 is 23.4 Å². The van der Waals surface area contributed by atoms with Crippen LogP contribution in [-0.4, -0.2) is 116 Å². The normalized spacial score (nSPS) is 15.5. The van der Waals surface area contributed by atoms with E-state index in [9.17, 15) is 32.3 Å². The number of anilines is 1. The van der Waals surface area contributed by atoms with Gasteiger partial charge in [0.05, 0.1) is 23.4 Å². The molecule has 4 amide bonds. The number of benzene rings is 1. The third-order valence-electron chi connectivity index (χ3n) is 9.41. The summed E-state index contributed by atoms with van der Waals surface area (Å²) in [6.07, 6.45) is -1.73. The molecule has 2 saturated heterocycles. The molecule has 19 heteroatoms. The molecule has 3 N–H and O–H groups in total. The minimum Gasteiger partial charge on any atom is -0.481 e. The topological polar surface area (TPSA) is 179 Å². The second-order valence-electron chi connectivity index (χ2n) is 14.5. The highest BCUT2D eigenvalue weighted by Gasteiger charge is 2.39. The molecular formula is C37H41ClF3N9O6. The molecule has 6 rings (SSSR count). The number of nitrogens with one attached hydrogen (secondary N) is 3. The summed E-state index contributed by atoms with van der Waals surface area (Å²) in [5.74, 6) is -1.11. The van der Waals surface area contributed by atoms with E-state index in [4.69, 9.17) is 21.1 Å². The molecule has 298 valence electrons. The maximum atomic E-state index is 13.9. The molecule has 15 nitrogen and oxygen atoms in total. The second-order valence-corrected chi connectivity index (χ2v) is 14.9. The van der Waals surface area contributed by atoms with Crippen LogP contribution in [0.3, 0.4) is 0 Å². The SMILES string of the molecule is COc1ccc(-c2[nH]nc(C(F)(F)F)c2Cc2cnc(C(=O)Nc3ccc(C(=O)N4CCN(C(=O)C5CCN(C(=O)OC(C)(C)C)CC5)CC4)c(Cl)c3)[nH]2)cn1. The fourth-order valence-electron chi connectivity index (χ4n) is 6.56. The van der Waals surface area contributed by atoms with Gasteiger partial charge in [0, 0.05) is 92.6 Å². The average Bonchev–Trinajstić information content (AvgIpc) is 3.82. The number of carbonyl (C=O) groups is 4. The summed E-state index contributed by atoms with van der Waals surface area (Å²) in [5, 5.41) is 8.68. The zero-order valence-electron chi connectivity index (χ0n) is 31.1. The Morgan fingerprint density at radius 1 is 0.929 bits per heavy atom. The van der Waals surface area contributed by atoms with E-state index in [0.717, 1.165) is 0 Å². The van der Waals surface area contributed by atoms with Crippen molar-refractivity contribution in [1.29, 1.82) is 0 Å². The average molecular weight is 800 g/mol. The fraction of sp³-hybridized carbons (Fsp3) is 0.432. The Morgan fingerprint density at radius 3 is 2.23 bits per heavy atom.